The minimum atomic E-state index is -0.814. The van der Waals surface area contributed by atoms with E-state index < -0.39 is 18.1 Å². The number of aromatic hydroxyl groups is 1. The van der Waals surface area contributed by atoms with E-state index in [9.17, 15) is 24.6 Å². The van der Waals surface area contributed by atoms with Crippen LogP contribution in [0.15, 0.2) is 70.7 Å². The number of hydrogen-bond acceptors (Lipinski definition) is 14. The zero-order valence-corrected chi connectivity index (χ0v) is 40.4. The van der Waals surface area contributed by atoms with Gasteiger partial charge in [-0.15, -0.1) is 21.5 Å². The van der Waals surface area contributed by atoms with Crippen LogP contribution >= 0.6 is 11.3 Å². The lowest BCUT2D eigenvalue weighted by atomic mass is 9.91. The molecule has 3 saturated heterocycles. The number of anilines is 2. The van der Waals surface area contributed by atoms with Crippen molar-refractivity contribution >= 4 is 51.7 Å². The molecule has 1 saturated carbocycles. The summed E-state index contributed by atoms with van der Waals surface area (Å²) in [7, 11) is 0. The smallest absolute Gasteiger partial charge is 0.243 e. The number of aliphatic hydroxyl groups is 1. The van der Waals surface area contributed by atoms with E-state index in [0.717, 1.165) is 98.5 Å². The highest BCUT2D eigenvalue weighted by Crippen LogP contribution is 2.38. The molecule has 4 N–H and O–H groups in total. The van der Waals surface area contributed by atoms with Gasteiger partial charge in [-0.05, 0) is 93.5 Å². The van der Waals surface area contributed by atoms with Gasteiger partial charge in [0.25, 0.3) is 0 Å². The molecule has 362 valence electrons. The molecule has 2 aromatic carbocycles. The Morgan fingerprint density at radius 1 is 0.913 bits per heavy atom. The Balaban J connectivity index is 0.736. The summed E-state index contributed by atoms with van der Waals surface area (Å²) >= 11 is 1.59. The number of piperidine rings is 2. The zero-order valence-electron chi connectivity index (χ0n) is 39.6. The Labute approximate surface area is 405 Å². The number of benzene rings is 2. The summed E-state index contributed by atoms with van der Waals surface area (Å²) in [5.74, 6) is 0.861. The number of nitrogens with zero attached hydrogens (tertiary/aromatic N) is 9. The number of carbonyl (C=O) groups is 3. The maximum absolute atomic E-state index is 14.4. The van der Waals surface area contributed by atoms with Crippen LogP contribution < -0.4 is 15.5 Å². The van der Waals surface area contributed by atoms with Crippen LogP contribution in [0.2, 0.25) is 0 Å². The van der Waals surface area contributed by atoms with Crippen LogP contribution in [-0.4, -0.2) is 119 Å². The quantitative estimate of drug-likeness (QED) is 0.0861. The van der Waals surface area contributed by atoms with Gasteiger partial charge in [-0.3, -0.25) is 19.1 Å². The molecule has 6 aromatic rings. The highest BCUT2D eigenvalue weighted by molar-refractivity contribution is 7.13. The number of phenolic OH excluding ortho intramolecular Hbond substituents is 1. The minimum Gasteiger partial charge on any atom is -0.507 e. The molecule has 18 heteroatoms. The predicted octanol–water partition coefficient (Wildman–Crippen LogP) is 7.10. The molecular weight excluding hydrogens is 895 g/mol. The van der Waals surface area contributed by atoms with Crippen LogP contribution in [0.4, 0.5) is 11.6 Å². The van der Waals surface area contributed by atoms with E-state index >= 15 is 0 Å². The number of thiazole rings is 1. The van der Waals surface area contributed by atoms with Crippen LogP contribution in [0.3, 0.4) is 0 Å². The summed E-state index contributed by atoms with van der Waals surface area (Å²) in [6.45, 7) is 12.4. The van der Waals surface area contributed by atoms with Gasteiger partial charge in [0.05, 0.1) is 45.5 Å². The number of aromatic nitrogens is 6. The van der Waals surface area contributed by atoms with Gasteiger partial charge >= 0.3 is 0 Å². The summed E-state index contributed by atoms with van der Waals surface area (Å²) < 4.78 is 7.95. The number of amides is 3. The normalized spacial score (nSPS) is 20.4. The van der Waals surface area contributed by atoms with Crippen molar-refractivity contribution in [3.05, 3.63) is 83.2 Å². The standard InChI is InChI=1S/C51H61N11O6S/c1-29(2)45(51(67)61-27-37(63)23-41(61)50(66)53-30(3)33-9-11-34(12-10-33)47-31(4)52-28-69-47)43-25-44(58-68-43)60-21-15-32(16-22-60)26-59-19-17-36(18-20-59)62-40-24-39(38-7-5-6-8-42(38)64)55-56-46(40)48(57-62)54-49(65)35-13-14-35/h5-12,24-25,28-30,32,35-37,41,45,63-64H,13-23,26-27H2,1-4H3,(H,53,66)(H,54,57,65)/t30-,37+,41-,45?/m0/s1. The van der Waals surface area contributed by atoms with Crippen molar-refractivity contribution in [2.45, 2.75) is 103 Å². The van der Waals surface area contributed by atoms with Gasteiger partial charge < -0.3 is 40.1 Å². The first kappa shape index (κ1) is 46.5. The molecule has 3 aliphatic heterocycles. The minimum absolute atomic E-state index is 0.0212. The van der Waals surface area contributed by atoms with Gasteiger partial charge in [-0.1, -0.05) is 55.4 Å². The summed E-state index contributed by atoms with van der Waals surface area (Å²) in [5, 5.41) is 45.8. The number of aryl methyl sites for hydroxylation is 1. The van der Waals surface area contributed by atoms with Gasteiger partial charge in [-0.2, -0.15) is 5.10 Å². The molecule has 7 heterocycles. The molecule has 4 aliphatic rings. The Bertz CT molecular complexity index is 2800. The molecule has 4 fully saturated rings. The van der Waals surface area contributed by atoms with Crippen molar-refractivity contribution in [2.24, 2.45) is 17.8 Å². The number of hydrogen-bond donors (Lipinski definition) is 4. The third-order valence-corrected chi connectivity index (χ3v) is 15.6. The second-order valence-electron chi connectivity index (χ2n) is 19.8. The molecule has 3 amide bonds. The van der Waals surface area contributed by atoms with Crippen molar-refractivity contribution in [3.8, 4) is 27.4 Å². The highest BCUT2D eigenvalue weighted by atomic mass is 32.1. The van der Waals surface area contributed by atoms with Crippen molar-refractivity contribution < 1.29 is 29.1 Å². The van der Waals surface area contributed by atoms with E-state index in [1.54, 1.807) is 23.5 Å². The average Bonchev–Trinajstić information content (AvgIpc) is 3.58. The lowest BCUT2D eigenvalue weighted by Gasteiger charge is -2.37. The van der Waals surface area contributed by atoms with Gasteiger partial charge in [0.1, 0.15) is 17.7 Å². The number of para-hydroxylation sites is 1. The lowest BCUT2D eigenvalue weighted by Crippen LogP contribution is -2.48. The fourth-order valence-corrected chi connectivity index (χ4v) is 11.2. The van der Waals surface area contributed by atoms with E-state index in [1.165, 1.54) is 4.90 Å². The SMILES string of the molecule is Cc1ncsc1-c1ccc([C@H](C)NC(=O)[C@@H]2C[C@@H](O)CN2C(=O)C(c2cc(N3CCC(CN4CCC(n5nc(NC(=O)C6CC6)c6nnc(-c7ccccc7O)cc65)CC4)CC3)no2)C(C)C)cc1. The lowest BCUT2D eigenvalue weighted by molar-refractivity contribution is -0.141. The molecule has 4 atom stereocenters. The first-order valence-electron chi connectivity index (χ1n) is 24.5. The fourth-order valence-electron chi connectivity index (χ4n) is 10.4. The van der Waals surface area contributed by atoms with Gasteiger partial charge in [0.15, 0.2) is 22.9 Å². The Morgan fingerprint density at radius 2 is 1.67 bits per heavy atom. The third-order valence-electron chi connectivity index (χ3n) is 14.6. The molecule has 10 rings (SSSR count). The molecule has 0 spiro atoms. The van der Waals surface area contributed by atoms with Crippen molar-refractivity contribution in [3.63, 3.8) is 0 Å². The van der Waals surface area contributed by atoms with E-state index in [2.05, 4.69) is 40.8 Å². The number of rotatable bonds is 14. The van der Waals surface area contributed by atoms with Gasteiger partial charge in [0, 0.05) is 63.2 Å². The molecule has 17 nitrogen and oxygen atoms in total. The van der Waals surface area contributed by atoms with Crippen molar-refractivity contribution in [1.82, 2.24) is 45.2 Å². The number of phenols is 1. The first-order valence-corrected chi connectivity index (χ1v) is 25.3. The van der Waals surface area contributed by atoms with Gasteiger partial charge in [-0.25, -0.2) is 4.98 Å². The number of nitrogens with one attached hydrogen (secondary N) is 2. The monoisotopic (exact) mass is 955 g/mol. The number of β-amino-alcohol motifs (C(OH)–C–C–N with tert-alkyl or cyclic N) is 1. The Morgan fingerprint density at radius 3 is 2.36 bits per heavy atom. The van der Waals surface area contributed by atoms with E-state index in [1.807, 2.05) is 86.4 Å². The van der Waals surface area contributed by atoms with Crippen LogP contribution in [0.5, 0.6) is 5.75 Å². The largest absolute Gasteiger partial charge is 0.507 e. The van der Waals surface area contributed by atoms with Crippen molar-refractivity contribution in [2.75, 3.05) is 49.5 Å². The second-order valence-corrected chi connectivity index (χ2v) is 20.7. The molecular formula is C51H61N11O6S. The van der Waals surface area contributed by atoms with Gasteiger partial charge in [0.2, 0.25) is 17.7 Å². The maximum Gasteiger partial charge on any atom is 0.243 e. The Hall–Kier alpha value is -6.24. The summed E-state index contributed by atoms with van der Waals surface area (Å²) in [6, 6.07) is 17.9. The molecule has 69 heavy (non-hydrogen) atoms. The number of carbonyl (C=O) groups excluding carboxylic acids is 3. The highest BCUT2D eigenvalue weighted by Gasteiger charge is 2.44. The first-order chi connectivity index (χ1) is 33.4. The molecule has 0 radical (unpaired) electrons. The Kier molecular flexibility index (Phi) is 13.2. The van der Waals surface area contributed by atoms with Crippen LogP contribution in [0.1, 0.15) is 101 Å². The molecule has 0 bridgehead atoms. The number of aliphatic hydroxyl groups excluding tert-OH is 1. The van der Waals surface area contributed by atoms with Crippen LogP contribution in [0, 0.1) is 24.7 Å². The summed E-state index contributed by atoms with van der Waals surface area (Å²) in [6.07, 6.45) is 4.88. The average molecular weight is 956 g/mol. The van der Waals surface area contributed by atoms with Crippen molar-refractivity contribution in [1.29, 1.82) is 0 Å². The van der Waals surface area contributed by atoms with E-state index in [0.29, 0.717) is 40.1 Å². The zero-order chi connectivity index (χ0) is 47.9. The second kappa shape index (κ2) is 19.6. The van der Waals surface area contributed by atoms with E-state index in [4.69, 9.17) is 9.62 Å². The van der Waals surface area contributed by atoms with Crippen LogP contribution in [-0.2, 0) is 14.4 Å². The third kappa shape index (κ3) is 9.83. The number of likely N-dealkylation sites (tertiary alicyclic amines) is 2. The fraction of sp³-hybridized carbons (Fsp3) is 0.490. The summed E-state index contributed by atoms with van der Waals surface area (Å²) in [4.78, 5) is 52.8. The molecule has 1 unspecified atom stereocenters. The number of fused-ring (bicyclic) bond motifs is 1. The topological polar surface area (TPSA) is 208 Å². The van der Waals surface area contributed by atoms with Crippen LogP contribution in [0.25, 0.3) is 32.7 Å². The molecule has 4 aromatic heterocycles. The maximum atomic E-state index is 14.4. The van der Waals surface area contributed by atoms with E-state index in [-0.39, 0.29) is 60.4 Å². The predicted molar refractivity (Wildman–Crippen MR) is 262 cm³/mol. The molecule has 1 aliphatic carbocycles. The summed E-state index contributed by atoms with van der Waals surface area (Å²) in [5.41, 5.74) is 7.30.